The average molecular weight is 291 g/mol. The number of nitrogens with zero attached hydrogens (tertiary/aromatic N) is 2. The first-order chi connectivity index (χ1) is 7.96. The minimum absolute atomic E-state index is 0.238. The molecule has 1 aromatic carbocycles. The van der Waals surface area contributed by atoms with Crippen LogP contribution < -0.4 is 0 Å². The highest BCUT2D eigenvalue weighted by atomic mass is 35.7. The molecule has 17 heavy (non-hydrogen) atoms. The van der Waals surface area contributed by atoms with Crippen LogP contribution in [0.25, 0.3) is 5.69 Å². The molecule has 0 aliphatic heterocycles. The molecule has 0 N–H and O–H groups in total. The Bertz CT molecular complexity index is 624. The molecule has 2 rings (SSSR count). The fourth-order valence-corrected chi connectivity index (χ4v) is 2.71. The SMILES string of the molecule is O=S(=O)(Cl)Cc1ccc(-n2ccnc2)c(Cl)c1. The van der Waals surface area contributed by atoms with Crippen LogP contribution in [-0.4, -0.2) is 18.0 Å². The quantitative estimate of drug-likeness (QED) is 0.817. The van der Waals surface area contributed by atoms with E-state index in [4.69, 9.17) is 22.3 Å². The lowest BCUT2D eigenvalue weighted by Gasteiger charge is -2.06. The Kier molecular flexibility index (Phi) is 3.42. The largest absolute Gasteiger partial charge is 0.305 e. The van der Waals surface area contributed by atoms with E-state index in [1.807, 2.05) is 0 Å². The molecule has 0 fully saturated rings. The van der Waals surface area contributed by atoms with Crippen molar-refractivity contribution in [3.8, 4) is 5.69 Å². The Morgan fingerprint density at radius 2 is 2.12 bits per heavy atom. The molecule has 0 unspecified atom stereocenters. The molecule has 0 aliphatic carbocycles. The van der Waals surface area contributed by atoms with Gasteiger partial charge in [-0.25, -0.2) is 13.4 Å². The van der Waals surface area contributed by atoms with Gasteiger partial charge in [0, 0.05) is 23.1 Å². The van der Waals surface area contributed by atoms with Gasteiger partial charge in [-0.05, 0) is 17.7 Å². The summed E-state index contributed by atoms with van der Waals surface area (Å²) in [7, 11) is 1.61. The number of halogens is 2. The molecule has 90 valence electrons. The van der Waals surface area contributed by atoms with Crippen LogP contribution in [0.5, 0.6) is 0 Å². The molecular weight excluding hydrogens is 283 g/mol. The van der Waals surface area contributed by atoms with Crippen LogP contribution in [0.3, 0.4) is 0 Å². The van der Waals surface area contributed by atoms with Gasteiger partial charge in [-0.2, -0.15) is 0 Å². The van der Waals surface area contributed by atoms with Crippen molar-refractivity contribution >= 4 is 31.3 Å². The van der Waals surface area contributed by atoms with Gasteiger partial charge in [0.1, 0.15) is 0 Å². The lowest BCUT2D eigenvalue weighted by Crippen LogP contribution is -1.97. The smallest absolute Gasteiger partial charge is 0.236 e. The summed E-state index contributed by atoms with van der Waals surface area (Å²) < 4.78 is 23.6. The minimum Gasteiger partial charge on any atom is -0.305 e. The number of hydrogen-bond donors (Lipinski definition) is 0. The molecule has 2 aromatic rings. The zero-order chi connectivity index (χ0) is 12.5. The zero-order valence-electron chi connectivity index (χ0n) is 8.55. The van der Waals surface area contributed by atoms with Gasteiger partial charge in [-0.3, -0.25) is 0 Å². The number of hydrogen-bond acceptors (Lipinski definition) is 3. The molecule has 1 heterocycles. The predicted molar refractivity (Wildman–Crippen MR) is 67.1 cm³/mol. The first kappa shape index (κ1) is 12.4. The highest BCUT2D eigenvalue weighted by molar-refractivity contribution is 8.13. The van der Waals surface area contributed by atoms with Crippen LogP contribution in [0.4, 0.5) is 0 Å². The Labute approximate surface area is 108 Å². The molecule has 0 aliphatic rings. The van der Waals surface area contributed by atoms with Gasteiger partial charge in [0.25, 0.3) is 0 Å². The normalized spacial score (nSPS) is 11.6. The van der Waals surface area contributed by atoms with Crippen molar-refractivity contribution in [1.82, 2.24) is 9.55 Å². The molecule has 7 heteroatoms. The molecular formula is C10H8Cl2N2O2S. The maximum Gasteiger partial charge on any atom is 0.236 e. The summed E-state index contributed by atoms with van der Waals surface area (Å²) >= 11 is 6.06. The van der Waals surface area contributed by atoms with E-state index >= 15 is 0 Å². The third-order valence-electron chi connectivity index (χ3n) is 2.13. The summed E-state index contributed by atoms with van der Waals surface area (Å²) in [4.78, 5) is 3.91. The maximum atomic E-state index is 10.9. The van der Waals surface area contributed by atoms with Crippen molar-refractivity contribution in [2.75, 3.05) is 0 Å². The van der Waals surface area contributed by atoms with E-state index in [9.17, 15) is 8.42 Å². The Morgan fingerprint density at radius 3 is 2.65 bits per heavy atom. The Hall–Kier alpha value is -1.04. The molecule has 0 atom stereocenters. The average Bonchev–Trinajstić information content (AvgIpc) is 2.68. The summed E-state index contributed by atoms with van der Waals surface area (Å²) in [5.74, 6) is -0.238. The van der Waals surface area contributed by atoms with E-state index in [1.54, 1.807) is 41.5 Å². The van der Waals surface area contributed by atoms with E-state index in [0.717, 1.165) is 5.69 Å². The van der Waals surface area contributed by atoms with Gasteiger partial charge in [0.15, 0.2) is 0 Å². The number of imidazole rings is 1. The van der Waals surface area contributed by atoms with Crippen LogP contribution in [-0.2, 0) is 14.8 Å². The van der Waals surface area contributed by atoms with Crippen molar-refractivity contribution in [2.24, 2.45) is 0 Å². The van der Waals surface area contributed by atoms with Crippen LogP contribution >= 0.6 is 22.3 Å². The lowest BCUT2D eigenvalue weighted by molar-refractivity contribution is 0.609. The third kappa shape index (κ3) is 3.21. The van der Waals surface area contributed by atoms with Crippen molar-refractivity contribution in [2.45, 2.75) is 5.75 Å². The van der Waals surface area contributed by atoms with Crippen molar-refractivity contribution in [3.63, 3.8) is 0 Å². The van der Waals surface area contributed by atoms with Crippen molar-refractivity contribution in [1.29, 1.82) is 0 Å². The Balaban J connectivity index is 2.36. The van der Waals surface area contributed by atoms with Crippen LogP contribution in [0.1, 0.15) is 5.56 Å². The highest BCUT2D eigenvalue weighted by Crippen LogP contribution is 2.23. The van der Waals surface area contributed by atoms with Crippen LogP contribution in [0, 0.1) is 0 Å². The van der Waals surface area contributed by atoms with Gasteiger partial charge >= 0.3 is 0 Å². The fraction of sp³-hybridized carbons (Fsp3) is 0.100. The number of rotatable bonds is 3. The van der Waals surface area contributed by atoms with E-state index in [0.29, 0.717) is 10.6 Å². The first-order valence-electron chi connectivity index (χ1n) is 4.65. The summed E-state index contributed by atoms with van der Waals surface area (Å²) in [5, 5.41) is 0.445. The summed E-state index contributed by atoms with van der Waals surface area (Å²) in [6, 6.07) is 4.97. The number of benzene rings is 1. The van der Waals surface area contributed by atoms with E-state index in [2.05, 4.69) is 4.98 Å². The van der Waals surface area contributed by atoms with Gasteiger partial charge in [0.05, 0.1) is 22.8 Å². The Morgan fingerprint density at radius 1 is 1.35 bits per heavy atom. The third-order valence-corrected chi connectivity index (χ3v) is 3.44. The molecule has 4 nitrogen and oxygen atoms in total. The minimum atomic E-state index is -3.57. The molecule has 1 aromatic heterocycles. The molecule has 0 amide bonds. The predicted octanol–water partition coefficient (Wildman–Crippen LogP) is 2.59. The van der Waals surface area contributed by atoms with E-state index in [1.165, 1.54) is 0 Å². The van der Waals surface area contributed by atoms with Crippen molar-refractivity contribution in [3.05, 3.63) is 47.5 Å². The number of aromatic nitrogens is 2. The zero-order valence-corrected chi connectivity index (χ0v) is 10.9. The topological polar surface area (TPSA) is 52.0 Å². The van der Waals surface area contributed by atoms with E-state index < -0.39 is 9.05 Å². The van der Waals surface area contributed by atoms with Crippen LogP contribution in [0.2, 0.25) is 5.02 Å². The second-order valence-electron chi connectivity index (χ2n) is 3.44. The summed E-state index contributed by atoms with van der Waals surface area (Å²) in [6.45, 7) is 0. The first-order valence-corrected chi connectivity index (χ1v) is 7.50. The maximum absolute atomic E-state index is 10.9. The highest BCUT2D eigenvalue weighted by Gasteiger charge is 2.09. The molecule has 0 spiro atoms. The lowest BCUT2D eigenvalue weighted by atomic mass is 10.2. The monoisotopic (exact) mass is 290 g/mol. The standard InChI is InChI=1S/C10H8Cl2N2O2S/c11-9-5-8(6-17(12,15)16)1-2-10(9)14-4-3-13-7-14/h1-5,7H,6H2. The second-order valence-corrected chi connectivity index (χ2v) is 6.62. The van der Waals surface area contributed by atoms with Gasteiger partial charge in [-0.15, -0.1) is 0 Å². The van der Waals surface area contributed by atoms with Gasteiger partial charge in [-0.1, -0.05) is 17.7 Å². The van der Waals surface area contributed by atoms with Crippen molar-refractivity contribution < 1.29 is 8.42 Å². The van der Waals surface area contributed by atoms with Gasteiger partial charge in [0.2, 0.25) is 9.05 Å². The van der Waals surface area contributed by atoms with Gasteiger partial charge < -0.3 is 4.57 Å². The molecule has 0 saturated carbocycles. The molecule has 0 saturated heterocycles. The summed E-state index contributed by atoms with van der Waals surface area (Å²) in [6.07, 6.45) is 4.99. The molecule has 0 radical (unpaired) electrons. The molecule has 0 bridgehead atoms. The van der Waals surface area contributed by atoms with E-state index in [-0.39, 0.29) is 5.75 Å². The second kappa shape index (κ2) is 4.68. The summed E-state index contributed by atoms with van der Waals surface area (Å²) in [5.41, 5.74) is 1.29. The van der Waals surface area contributed by atoms with Crippen LogP contribution in [0.15, 0.2) is 36.9 Å². The fourth-order valence-electron chi connectivity index (χ4n) is 1.45.